The van der Waals surface area contributed by atoms with Gasteiger partial charge >= 0.3 is 0 Å². The molecule has 3 aromatic rings. The molecule has 0 unspecified atom stereocenters. The molecule has 2 aromatic carbocycles. The number of rotatable bonds is 4. The number of nitrogens with one attached hydrogen (secondary N) is 2. The van der Waals surface area contributed by atoms with Crippen LogP contribution in [0, 0.1) is 0 Å². The van der Waals surface area contributed by atoms with Crippen molar-refractivity contribution in [1.29, 1.82) is 0 Å². The Morgan fingerprint density at radius 3 is 2.86 bits per heavy atom. The molecule has 1 amide bonds. The lowest BCUT2D eigenvalue weighted by Gasteiger charge is -2.16. The van der Waals surface area contributed by atoms with E-state index in [4.69, 9.17) is 0 Å². The second-order valence-corrected chi connectivity index (χ2v) is 7.28. The van der Waals surface area contributed by atoms with Gasteiger partial charge in [-0.1, -0.05) is 35.9 Å². The maximum Gasteiger partial charge on any atom is 0.226 e. The maximum absolute atomic E-state index is 12.4. The number of nitrogens with zero attached hydrogens (tertiary/aromatic N) is 3. The molecule has 7 nitrogen and oxygen atoms in total. The summed E-state index contributed by atoms with van der Waals surface area (Å²) in [7, 11) is 0. The van der Waals surface area contributed by atoms with Crippen molar-refractivity contribution >= 4 is 28.2 Å². The van der Waals surface area contributed by atoms with Crippen LogP contribution in [0.1, 0.15) is 24.1 Å². The zero-order valence-electron chi connectivity index (χ0n) is 15.6. The monoisotopic (exact) mass is 375 g/mol. The number of hydrogen-bond donors (Lipinski definition) is 3. The van der Waals surface area contributed by atoms with E-state index in [2.05, 4.69) is 27.9 Å². The second-order valence-electron chi connectivity index (χ2n) is 7.28. The lowest BCUT2D eigenvalue weighted by molar-refractivity contribution is -0.618. The first-order chi connectivity index (χ1) is 13.8. The van der Waals surface area contributed by atoms with Gasteiger partial charge in [-0.25, -0.2) is 10.4 Å². The van der Waals surface area contributed by atoms with Crippen molar-refractivity contribution in [1.82, 2.24) is 20.6 Å². The van der Waals surface area contributed by atoms with Crippen molar-refractivity contribution in [3.05, 3.63) is 66.0 Å². The number of likely N-dealkylation sites (tertiary alicyclic amines) is 1. The molecule has 2 aliphatic rings. The highest BCUT2D eigenvalue weighted by Gasteiger charge is 2.23. The molecule has 0 spiro atoms. The van der Waals surface area contributed by atoms with Gasteiger partial charge in [-0.15, -0.1) is 0 Å². The number of carbonyl (C=O) groups is 1. The lowest BCUT2D eigenvalue weighted by Crippen LogP contribution is -2.90. The highest BCUT2D eigenvalue weighted by atomic mass is 16.2. The van der Waals surface area contributed by atoms with Gasteiger partial charge in [0.2, 0.25) is 5.91 Å². The van der Waals surface area contributed by atoms with Crippen molar-refractivity contribution in [3.8, 4) is 0 Å². The first-order valence-corrected chi connectivity index (χ1v) is 9.68. The van der Waals surface area contributed by atoms with Gasteiger partial charge in [-0.05, 0) is 36.6 Å². The first kappa shape index (κ1) is 17.0. The number of H-pyrrole nitrogens is 1. The Balaban J connectivity index is 1.36. The van der Waals surface area contributed by atoms with Gasteiger partial charge in [-0.3, -0.25) is 9.89 Å². The van der Waals surface area contributed by atoms with E-state index in [1.807, 2.05) is 57.9 Å². The van der Waals surface area contributed by atoms with Gasteiger partial charge in [0, 0.05) is 18.5 Å². The molecule has 142 valence electrons. The molecule has 1 saturated heterocycles. The fourth-order valence-corrected chi connectivity index (χ4v) is 3.88. The van der Waals surface area contributed by atoms with Gasteiger partial charge in [0.05, 0.1) is 23.8 Å². The second kappa shape index (κ2) is 7.10. The van der Waals surface area contributed by atoms with Crippen LogP contribution in [0.5, 0.6) is 0 Å². The third-order valence-corrected chi connectivity index (χ3v) is 5.37. The molecule has 5 rings (SSSR count). The van der Waals surface area contributed by atoms with Crippen molar-refractivity contribution < 1.29 is 10.2 Å². The summed E-state index contributed by atoms with van der Waals surface area (Å²) in [5, 5.41) is 10.6. The molecule has 0 aliphatic carbocycles. The molecule has 0 saturated carbocycles. The minimum atomic E-state index is 0.217. The number of benzene rings is 2. The fraction of sp³-hybridized carbons (Fsp3) is 0.238. The van der Waals surface area contributed by atoms with E-state index >= 15 is 0 Å². The van der Waals surface area contributed by atoms with Gasteiger partial charge in [-0.2, -0.15) is 5.10 Å². The fourth-order valence-electron chi connectivity index (χ4n) is 3.88. The standard InChI is InChI=1S/C21H22N6O/c28-20(26-10-3-4-11-26)13-15-6-5-7-16(12-15)27-14-19(23-25-27)21-17-8-1-2-9-18(17)22-24-21/h1-2,5-9,12,14,23,25H,3-4,10-11,13H2,(H,22,24)/p+1. The quantitative estimate of drug-likeness (QED) is 0.604. The number of hydrogen-bond acceptors (Lipinski definition) is 4. The maximum atomic E-state index is 12.4. The van der Waals surface area contributed by atoms with Crippen molar-refractivity contribution in [2.24, 2.45) is 0 Å². The Hall–Kier alpha value is -3.16. The van der Waals surface area contributed by atoms with Gasteiger partial charge < -0.3 is 4.90 Å². The smallest absolute Gasteiger partial charge is 0.226 e. The van der Waals surface area contributed by atoms with Crippen LogP contribution >= 0.6 is 0 Å². The minimum absolute atomic E-state index is 0.217. The molecule has 7 heteroatoms. The number of aromatic nitrogens is 2. The largest absolute Gasteiger partial charge is 0.342 e. The summed E-state index contributed by atoms with van der Waals surface area (Å²) in [6.07, 6.45) is 4.72. The Bertz CT molecular complexity index is 1050. The lowest BCUT2D eigenvalue weighted by atomic mass is 10.1. The van der Waals surface area contributed by atoms with Crippen LogP contribution in [-0.4, -0.2) is 34.1 Å². The molecule has 3 heterocycles. The molecular weight excluding hydrogens is 352 g/mol. The molecule has 0 atom stereocenters. The summed E-state index contributed by atoms with van der Waals surface area (Å²) in [5.74, 6) is 0.217. The highest BCUT2D eigenvalue weighted by molar-refractivity contribution is 5.88. The third kappa shape index (κ3) is 3.15. The van der Waals surface area contributed by atoms with E-state index in [9.17, 15) is 4.79 Å². The number of anilines is 1. The average molecular weight is 375 g/mol. The molecule has 2 aliphatic heterocycles. The van der Waals surface area contributed by atoms with Crippen molar-refractivity contribution in [3.63, 3.8) is 0 Å². The zero-order valence-corrected chi connectivity index (χ0v) is 15.6. The van der Waals surface area contributed by atoms with Crippen molar-refractivity contribution in [2.75, 3.05) is 18.1 Å². The normalized spacial score (nSPS) is 16.8. The Labute approximate surface area is 163 Å². The predicted molar refractivity (Wildman–Crippen MR) is 108 cm³/mol. The number of fused-ring (bicyclic) bond motifs is 1. The highest BCUT2D eigenvalue weighted by Crippen LogP contribution is 2.23. The number of amides is 1. The van der Waals surface area contributed by atoms with E-state index in [0.29, 0.717) is 6.42 Å². The van der Waals surface area contributed by atoms with Gasteiger partial charge in [0.1, 0.15) is 0 Å². The van der Waals surface area contributed by atoms with E-state index in [0.717, 1.165) is 59.5 Å². The SMILES string of the molecule is O=C(Cc1cccc(N2C=C(c3n[nH]c4ccccc34)[NH2+]N2)c1)N1CCCC1. The summed E-state index contributed by atoms with van der Waals surface area (Å²) in [6.45, 7) is 1.79. The molecule has 28 heavy (non-hydrogen) atoms. The minimum Gasteiger partial charge on any atom is -0.342 e. The van der Waals surface area contributed by atoms with Crippen LogP contribution in [-0.2, 0) is 11.2 Å². The van der Waals surface area contributed by atoms with E-state index in [-0.39, 0.29) is 5.91 Å². The molecule has 0 radical (unpaired) electrons. The Morgan fingerprint density at radius 2 is 1.96 bits per heavy atom. The molecular formula is C21H23N6O+. The number of nitrogens with two attached hydrogens (primary N) is 1. The summed E-state index contributed by atoms with van der Waals surface area (Å²) < 4.78 is 0. The zero-order chi connectivity index (χ0) is 18.9. The molecule has 1 aromatic heterocycles. The van der Waals surface area contributed by atoms with Crippen LogP contribution in [0.4, 0.5) is 5.69 Å². The first-order valence-electron chi connectivity index (χ1n) is 9.68. The molecule has 4 N–H and O–H groups in total. The number of para-hydroxylation sites is 1. The van der Waals surface area contributed by atoms with Gasteiger partial charge in [0.15, 0.2) is 11.4 Å². The van der Waals surface area contributed by atoms with Crippen molar-refractivity contribution in [2.45, 2.75) is 19.3 Å². The Kier molecular flexibility index (Phi) is 4.31. The van der Waals surface area contributed by atoms with Crippen LogP contribution in [0.25, 0.3) is 16.6 Å². The summed E-state index contributed by atoms with van der Waals surface area (Å²) in [6, 6.07) is 16.2. The molecule has 1 fully saturated rings. The number of carbonyl (C=O) groups excluding carboxylic acids is 1. The topological polar surface area (TPSA) is 80.9 Å². The number of quaternary nitrogens is 1. The third-order valence-electron chi connectivity index (χ3n) is 5.37. The average Bonchev–Trinajstić information content (AvgIpc) is 3.47. The van der Waals surface area contributed by atoms with Gasteiger partial charge in [0.25, 0.3) is 0 Å². The van der Waals surface area contributed by atoms with E-state index < -0.39 is 0 Å². The van der Waals surface area contributed by atoms with Crippen LogP contribution in [0.3, 0.4) is 0 Å². The van der Waals surface area contributed by atoms with Crippen LogP contribution in [0.15, 0.2) is 54.7 Å². The summed E-state index contributed by atoms with van der Waals surface area (Å²) in [5.41, 5.74) is 10.2. The number of aromatic amines is 1. The van der Waals surface area contributed by atoms with E-state index in [1.54, 1.807) is 0 Å². The van der Waals surface area contributed by atoms with E-state index in [1.165, 1.54) is 0 Å². The molecule has 0 bridgehead atoms. The summed E-state index contributed by atoms with van der Waals surface area (Å²) >= 11 is 0. The van der Waals surface area contributed by atoms with Crippen LogP contribution in [0.2, 0.25) is 0 Å². The number of hydrazine groups is 1. The predicted octanol–water partition coefficient (Wildman–Crippen LogP) is 1.53. The Morgan fingerprint density at radius 1 is 1.11 bits per heavy atom. The van der Waals surface area contributed by atoms with Crippen LogP contribution < -0.4 is 16.0 Å². The summed E-state index contributed by atoms with van der Waals surface area (Å²) in [4.78, 5) is 14.4.